The second kappa shape index (κ2) is 23.6. The number of nitrogens with one attached hydrogen (secondary N) is 1. The number of rotatable bonds is 14. The number of hydrogen-bond donors (Lipinski definition) is 3. The van der Waals surface area contributed by atoms with E-state index in [4.69, 9.17) is 33.2 Å². The molecule has 0 saturated carbocycles. The fourth-order valence-corrected chi connectivity index (χ4v) is 9.66. The maximum atomic E-state index is 13.3. The number of fused-ring (bicyclic) bond motifs is 4. The van der Waals surface area contributed by atoms with E-state index in [-0.39, 0.29) is 23.7 Å². The standard InChI is InChI=1S/C29H37N5O7.C24H29N5O5/c1-29(2,3)41-28(37)34(17-19-13-25-26(16-30-19)40-12-11-39-25)22-7-8-32(18-24(22)35)9-10-33-23-14-20(38-4)15-31-21(23)5-6-27(33)36;1-32-17-11-20-18(27-13-17)2-3-24(31)29(20)7-6-28-5-4-19(21(30)15-28)26-12-16-10-22-23(14-25-16)34-9-8-33-22/h5-6,13-16,22,24,35H,7-12,17-18H2,1-4H3;2-3,10-11,13-14,19,21,26,30H,4-9,12,15H2,1H3/t22-,24-;19-,21-/m11/s1. The third-order valence-corrected chi connectivity index (χ3v) is 13.6. The Balaban J connectivity index is 0.000000187. The molecule has 75 heavy (non-hydrogen) atoms. The summed E-state index contributed by atoms with van der Waals surface area (Å²) in [6.07, 6.45) is 5.99. The Kier molecular flexibility index (Phi) is 16.6. The SMILES string of the molecule is COc1cnc2ccc(=O)n(CCN3CC[C@@H](N(Cc4cc5c(cn4)OCCO5)C(=O)OC(C)(C)C)[C@H](O)C3)c2c1.COc1cnc2ccc(=O)n(CCN3CC[C@@H](NCc4cc5c(cn4)OCCO5)[C@H](O)C3)c2c1. The lowest BCUT2D eigenvalue weighted by Crippen LogP contribution is -2.56. The first kappa shape index (κ1) is 52.7. The molecule has 2 fully saturated rings. The zero-order valence-corrected chi connectivity index (χ0v) is 43.1. The fourth-order valence-electron chi connectivity index (χ4n) is 9.66. The van der Waals surface area contributed by atoms with Gasteiger partial charge in [-0.25, -0.2) is 4.79 Å². The third-order valence-electron chi connectivity index (χ3n) is 13.6. The van der Waals surface area contributed by atoms with E-state index < -0.39 is 29.9 Å². The summed E-state index contributed by atoms with van der Waals surface area (Å²) in [5.74, 6) is 3.71. The minimum absolute atomic E-state index is 0.0278. The zero-order valence-electron chi connectivity index (χ0n) is 43.1. The van der Waals surface area contributed by atoms with Crippen molar-refractivity contribution in [3.8, 4) is 34.5 Å². The average molecular weight is 1040 g/mol. The topological polar surface area (TPSA) is 239 Å². The van der Waals surface area contributed by atoms with Crippen molar-refractivity contribution in [3.63, 3.8) is 0 Å². The van der Waals surface area contributed by atoms with Crippen LogP contribution in [0.1, 0.15) is 45.0 Å². The van der Waals surface area contributed by atoms with Gasteiger partial charge in [-0.2, -0.15) is 0 Å². The van der Waals surface area contributed by atoms with Crippen LogP contribution in [0.2, 0.25) is 0 Å². The highest BCUT2D eigenvalue weighted by Crippen LogP contribution is 2.32. The van der Waals surface area contributed by atoms with Crippen LogP contribution in [0.5, 0.6) is 34.5 Å². The summed E-state index contributed by atoms with van der Waals surface area (Å²) in [6, 6.07) is 13.2. The normalized spacial score (nSPS) is 19.7. The van der Waals surface area contributed by atoms with Gasteiger partial charge in [-0.1, -0.05) is 0 Å². The first-order chi connectivity index (χ1) is 36.2. The molecular formula is C53H66N10O12. The lowest BCUT2D eigenvalue weighted by Gasteiger charge is -2.42. The van der Waals surface area contributed by atoms with Crippen molar-refractivity contribution >= 4 is 28.2 Å². The summed E-state index contributed by atoms with van der Waals surface area (Å²) in [4.78, 5) is 62.0. The summed E-state index contributed by atoms with van der Waals surface area (Å²) < 4.78 is 42.1. The van der Waals surface area contributed by atoms with E-state index in [0.717, 1.165) is 29.7 Å². The molecule has 3 N–H and O–H groups in total. The van der Waals surface area contributed by atoms with Gasteiger partial charge in [0.05, 0.1) is 97.3 Å². The largest absolute Gasteiger partial charge is 0.495 e. The van der Waals surface area contributed by atoms with Gasteiger partial charge < -0.3 is 57.8 Å². The van der Waals surface area contributed by atoms with Crippen LogP contribution >= 0.6 is 0 Å². The number of carbonyl (C=O) groups is 1. The van der Waals surface area contributed by atoms with Crippen molar-refractivity contribution in [2.75, 3.05) is 79.9 Å². The minimum Gasteiger partial charge on any atom is -0.495 e. The predicted octanol–water partition coefficient (Wildman–Crippen LogP) is 3.24. The van der Waals surface area contributed by atoms with Gasteiger partial charge in [0.1, 0.15) is 43.5 Å². The van der Waals surface area contributed by atoms with Crippen molar-refractivity contribution < 1.29 is 48.2 Å². The Morgan fingerprint density at radius 2 is 1.17 bits per heavy atom. The summed E-state index contributed by atoms with van der Waals surface area (Å²) in [5, 5.41) is 25.4. The highest BCUT2D eigenvalue weighted by molar-refractivity contribution is 5.76. The van der Waals surface area contributed by atoms with E-state index in [9.17, 15) is 24.6 Å². The summed E-state index contributed by atoms with van der Waals surface area (Å²) >= 11 is 0. The number of aromatic nitrogens is 6. The molecule has 0 unspecified atom stereocenters. The zero-order chi connectivity index (χ0) is 52.6. The van der Waals surface area contributed by atoms with Crippen LogP contribution in [0.4, 0.5) is 4.79 Å². The number of β-amino-alcohol motifs (C(OH)–C–C–N with tert-alkyl or cyclic N) is 2. The third kappa shape index (κ3) is 13.1. The molecule has 6 aromatic rings. The van der Waals surface area contributed by atoms with Crippen molar-refractivity contribution in [1.82, 2.24) is 49.1 Å². The molecule has 4 aliphatic rings. The number of hydrogen-bond acceptors (Lipinski definition) is 19. The second-order valence-corrected chi connectivity index (χ2v) is 19.8. The summed E-state index contributed by atoms with van der Waals surface area (Å²) in [7, 11) is 3.14. The van der Waals surface area contributed by atoms with Gasteiger partial charge in [-0.3, -0.25) is 44.2 Å². The minimum atomic E-state index is -0.834. The molecule has 22 nitrogen and oxygen atoms in total. The molecular weight excluding hydrogens is 969 g/mol. The molecule has 4 atom stereocenters. The maximum absolute atomic E-state index is 13.3. The predicted molar refractivity (Wildman–Crippen MR) is 276 cm³/mol. The van der Waals surface area contributed by atoms with Crippen molar-refractivity contribution in [3.05, 3.63) is 105 Å². The molecule has 6 aromatic heterocycles. The summed E-state index contributed by atoms with van der Waals surface area (Å²) in [5.41, 5.74) is 3.42. The Morgan fingerprint density at radius 1 is 0.667 bits per heavy atom. The molecule has 10 heterocycles. The first-order valence-corrected chi connectivity index (χ1v) is 25.3. The number of carbonyl (C=O) groups excluding carboxylic acids is 1. The lowest BCUT2D eigenvalue weighted by molar-refractivity contribution is -0.0357. The monoisotopic (exact) mass is 1030 g/mol. The molecule has 22 heteroatoms. The van der Waals surface area contributed by atoms with Gasteiger partial charge >= 0.3 is 6.09 Å². The van der Waals surface area contributed by atoms with Crippen LogP contribution in [0.15, 0.2) is 82.9 Å². The van der Waals surface area contributed by atoms with Crippen molar-refractivity contribution in [2.24, 2.45) is 0 Å². The van der Waals surface area contributed by atoms with Crippen LogP contribution < -0.4 is 44.9 Å². The van der Waals surface area contributed by atoms with Crippen LogP contribution in [0.25, 0.3) is 22.1 Å². The average Bonchev–Trinajstić information content (AvgIpc) is 3.41. The fraction of sp³-hybridized carbons (Fsp3) is 0.491. The van der Waals surface area contributed by atoms with E-state index in [1.165, 1.54) is 6.07 Å². The Bertz CT molecular complexity index is 3080. The molecule has 0 radical (unpaired) electrons. The van der Waals surface area contributed by atoms with Gasteiger partial charge in [-0.15, -0.1) is 0 Å². The number of likely N-dealkylation sites (tertiary alicyclic amines) is 2. The van der Waals surface area contributed by atoms with E-state index in [1.54, 1.807) is 83.4 Å². The van der Waals surface area contributed by atoms with Gasteiger partial charge in [0.25, 0.3) is 11.1 Å². The number of piperidine rings is 2. The number of methoxy groups -OCH3 is 2. The Hall–Kier alpha value is -7.11. The highest BCUT2D eigenvalue weighted by Gasteiger charge is 2.37. The lowest BCUT2D eigenvalue weighted by atomic mass is 10.00. The van der Waals surface area contributed by atoms with Crippen molar-refractivity contribution in [2.45, 2.75) is 89.7 Å². The summed E-state index contributed by atoms with van der Waals surface area (Å²) in [6.45, 7) is 12.5. The smallest absolute Gasteiger partial charge is 0.410 e. The molecule has 0 aliphatic carbocycles. The first-order valence-electron chi connectivity index (χ1n) is 25.3. The molecule has 1 amide bonds. The van der Waals surface area contributed by atoms with E-state index in [2.05, 4.69) is 35.1 Å². The van der Waals surface area contributed by atoms with Crippen LogP contribution in [-0.2, 0) is 30.9 Å². The Morgan fingerprint density at radius 3 is 1.69 bits per heavy atom. The molecule has 400 valence electrons. The number of pyridine rings is 6. The number of nitrogens with zero attached hydrogens (tertiary/aromatic N) is 9. The molecule has 4 aliphatic heterocycles. The molecule has 10 rings (SSSR count). The number of amides is 1. The molecule has 0 spiro atoms. The van der Waals surface area contributed by atoms with E-state index >= 15 is 0 Å². The van der Waals surface area contributed by atoms with Crippen LogP contribution in [-0.4, -0.2) is 170 Å². The van der Waals surface area contributed by atoms with E-state index in [0.29, 0.717) is 136 Å². The molecule has 2 saturated heterocycles. The Labute approximate surface area is 433 Å². The number of aliphatic hydroxyl groups excluding tert-OH is 2. The number of aliphatic hydroxyl groups is 2. The van der Waals surface area contributed by atoms with Gasteiger partial charge in [0.15, 0.2) is 23.0 Å². The van der Waals surface area contributed by atoms with Crippen molar-refractivity contribution in [1.29, 1.82) is 0 Å². The second-order valence-electron chi connectivity index (χ2n) is 19.8. The van der Waals surface area contributed by atoms with Crippen LogP contribution in [0.3, 0.4) is 0 Å². The van der Waals surface area contributed by atoms with Gasteiger partial charge in [0.2, 0.25) is 0 Å². The highest BCUT2D eigenvalue weighted by atomic mass is 16.6. The maximum Gasteiger partial charge on any atom is 0.410 e. The van der Waals surface area contributed by atoms with Crippen LogP contribution in [0, 0.1) is 0 Å². The van der Waals surface area contributed by atoms with Gasteiger partial charge in [-0.05, 0) is 52.3 Å². The van der Waals surface area contributed by atoms with Gasteiger partial charge in [0, 0.05) is 94.8 Å². The molecule has 0 bridgehead atoms. The van der Waals surface area contributed by atoms with E-state index in [1.807, 2.05) is 32.9 Å². The number of ether oxygens (including phenoxy) is 7. The molecule has 0 aromatic carbocycles. The quantitative estimate of drug-likeness (QED) is 0.142.